The third-order valence-corrected chi connectivity index (χ3v) is 6.30. The van der Waals surface area contributed by atoms with Gasteiger partial charge in [-0.2, -0.15) is 5.10 Å². The Balaban J connectivity index is 1.32. The van der Waals surface area contributed by atoms with Crippen LogP contribution in [-0.2, 0) is 12.8 Å². The van der Waals surface area contributed by atoms with Gasteiger partial charge in [0.2, 0.25) is 0 Å². The maximum absolute atomic E-state index is 12.5. The number of carbonyl (C=O) groups is 1. The lowest BCUT2D eigenvalue weighted by molar-refractivity contribution is 0.221. The van der Waals surface area contributed by atoms with Crippen LogP contribution in [0.25, 0.3) is 0 Å². The van der Waals surface area contributed by atoms with Crippen LogP contribution < -0.4 is 16.2 Å². The molecule has 0 radical (unpaired) electrons. The van der Waals surface area contributed by atoms with Crippen LogP contribution in [0, 0.1) is 0 Å². The number of hydrogen-bond donors (Lipinski definition) is 2. The zero-order chi connectivity index (χ0) is 17.9. The van der Waals surface area contributed by atoms with Gasteiger partial charge in [-0.15, -0.1) is 0 Å². The minimum Gasteiger partial charge on any atom is -0.335 e. The van der Waals surface area contributed by atoms with Crippen molar-refractivity contribution in [3.05, 3.63) is 27.7 Å². The highest BCUT2D eigenvalue weighted by Crippen LogP contribution is 2.28. The van der Waals surface area contributed by atoms with Gasteiger partial charge in [-0.25, -0.2) is 9.48 Å². The molecule has 0 spiro atoms. The van der Waals surface area contributed by atoms with Crippen molar-refractivity contribution in [2.24, 2.45) is 0 Å². The van der Waals surface area contributed by atoms with Crippen molar-refractivity contribution in [1.29, 1.82) is 0 Å². The molecule has 142 valence electrons. The summed E-state index contributed by atoms with van der Waals surface area (Å²) >= 11 is 0. The van der Waals surface area contributed by atoms with E-state index in [1.165, 1.54) is 19.3 Å². The molecule has 6 nitrogen and oxygen atoms in total. The lowest BCUT2D eigenvalue weighted by atomic mass is 9.91. The minimum absolute atomic E-state index is 0.0237. The summed E-state index contributed by atoms with van der Waals surface area (Å²) in [5, 5.41) is 10.9. The zero-order valence-electron chi connectivity index (χ0n) is 15.5. The molecule has 0 unspecified atom stereocenters. The molecule has 0 aliphatic heterocycles. The average molecular weight is 358 g/mol. The smallest absolute Gasteiger partial charge is 0.315 e. The van der Waals surface area contributed by atoms with Gasteiger partial charge in [-0.05, 0) is 69.8 Å². The normalized spacial score (nSPS) is 26.3. The summed E-state index contributed by atoms with van der Waals surface area (Å²) in [6, 6.07) is 2.52. The van der Waals surface area contributed by atoms with E-state index in [1.54, 1.807) is 10.7 Å². The van der Waals surface area contributed by atoms with Gasteiger partial charge in [0.05, 0.1) is 11.7 Å². The van der Waals surface area contributed by atoms with E-state index in [0.717, 1.165) is 69.0 Å². The quantitative estimate of drug-likeness (QED) is 0.872. The highest BCUT2D eigenvalue weighted by atomic mass is 16.2. The summed E-state index contributed by atoms with van der Waals surface area (Å²) in [5.41, 5.74) is 2.31. The first-order valence-corrected chi connectivity index (χ1v) is 10.4. The van der Waals surface area contributed by atoms with E-state index < -0.39 is 0 Å². The summed E-state index contributed by atoms with van der Waals surface area (Å²) in [5.74, 6) is 0. The maximum Gasteiger partial charge on any atom is 0.315 e. The first-order valence-electron chi connectivity index (χ1n) is 10.4. The molecule has 26 heavy (non-hydrogen) atoms. The molecule has 4 rings (SSSR count). The third-order valence-electron chi connectivity index (χ3n) is 6.30. The van der Waals surface area contributed by atoms with Crippen LogP contribution in [0.15, 0.2) is 10.9 Å². The molecule has 6 heteroatoms. The summed E-state index contributed by atoms with van der Waals surface area (Å²) in [6.45, 7) is 0. The fraction of sp³-hybridized carbons (Fsp3) is 0.750. The number of aryl methyl sites for hydroxylation is 2. The minimum atomic E-state index is -0.0237. The van der Waals surface area contributed by atoms with Crippen molar-refractivity contribution >= 4 is 6.03 Å². The van der Waals surface area contributed by atoms with E-state index >= 15 is 0 Å². The SMILES string of the molecule is O=C(NC1CCCC1)NC1CCC(n2nc3c(cc2=O)CCCC3)CC1. The Morgan fingerprint density at radius 2 is 1.58 bits per heavy atom. The van der Waals surface area contributed by atoms with E-state index in [2.05, 4.69) is 10.6 Å². The van der Waals surface area contributed by atoms with E-state index in [9.17, 15) is 9.59 Å². The summed E-state index contributed by atoms with van der Waals surface area (Å²) in [6.07, 6.45) is 12.6. The second-order valence-electron chi connectivity index (χ2n) is 8.21. The van der Waals surface area contributed by atoms with Crippen LogP contribution in [0.5, 0.6) is 0 Å². The van der Waals surface area contributed by atoms with Crippen molar-refractivity contribution in [3.63, 3.8) is 0 Å². The standard InChI is InChI=1S/C20H30N4O2/c25-19-13-14-5-1-4-8-18(14)23-24(19)17-11-9-16(10-12-17)22-20(26)21-15-6-2-3-7-15/h13,15-17H,1-12H2,(H2,21,22,26). The largest absolute Gasteiger partial charge is 0.335 e. The molecule has 1 heterocycles. The van der Waals surface area contributed by atoms with Crippen LogP contribution in [0.4, 0.5) is 4.79 Å². The first kappa shape index (κ1) is 17.6. The van der Waals surface area contributed by atoms with Gasteiger partial charge in [-0.1, -0.05) is 12.8 Å². The fourth-order valence-corrected chi connectivity index (χ4v) is 4.79. The van der Waals surface area contributed by atoms with Gasteiger partial charge in [-0.3, -0.25) is 4.79 Å². The lowest BCUT2D eigenvalue weighted by Gasteiger charge is -2.30. The Hall–Kier alpha value is -1.85. The second kappa shape index (κ2) is 7.80. The Kier molecular flexibility index (Phi) is 5.27. The number of carbonyl (C=O) groups excluding carboxylic acids is 1. The topological polar surface area (TPSA) is 76.0 Å². The second-order valence-corrected chi connectivity index (χ2v) is 8.21. The average Bonchev–Trinajstić information content (AvgIpc) is 3.15. The Labute approximate surface area is 154 Å². The molecule has 0 atom stereocenters. The molecule has 0 bridgehead atoms. The number of aromatic nitrogens is 2. The molecular formula is C20H30N4O2. The van der Waals surface area contributed by atoms with Crippen molar-refractivity contribution in [2.45, 2.75) is 95.2 Å². The molecule has 1 aromatic heterocycles. The van der Waals surface area contributed by atoms with Gasteiger partial charge < -0.3 is 10.6 Å². The molecule has 2 saturated carbocycles. The van der Waals surface area contributed by atoms with Gasteiger partial charge in [0.1, 0.15) is 0 Å². The van der Waals surface area contributed by atoms with Crippen molar-refractivity contribution < 1.29 is 4.79 Å². The van der Waals surface area contributed by atoms with Gasteiger partial charge in [0.15, 0.2) is 0 Å². The number of amides is 2. The summed E-state index contributed by atoms with van der Waals surface area (Å²) in [7, 11) is 0. The lowest BCUT2D eigenvalue weighted by Crippen LogP contribution is -2.47. The van der Waals surface area contributed by atoms with E-state index in [4.69, 9.17) is 5.10 Å². The van der Waals surface area contributed by atoms with Gasteiger partial charge in [0.25, 0.3) is 5.56 Å². The Morgan fingerprint density at radius 3 is 2.31 bits per heavy atom. The Bertz CT molecular complexity index is 700. The predicted molar refractivity (Wildman–Crippen MR) is 100 cm³/mol. The van der Waals surface area contributed by atoms with Crippen molar-refractivity contribution in [3.8, 4) is 0 Å². The number of nitrogens with zero attached hydrogens (tertiary/aromatic N) is 2. The molecule has 2 amide bonds. The molecular weight excluding hydrogens is 328 g/mol. The van der Waals surface area contributed by atoms with Crippen LogP contribution in [0.2, 0.25) is 0 Å². The third kappa shape index (κ3) is 3.94. The van der Waals surface area contributed by atoms with Crippen molar-refractivity contribution in [1.82, 2.24) is 20.4 Å². The maximum atomic E-state index is 12.5. The monoisotopic (exact) mass is 358 g/mol. The van der Waals surface area contributed by atoms with Gasteiger partial charge >= 0.3 is 6.03 Å². The molecule has 3 aliphatic rings. The van der Waals surface area contributed by atoms with Gasteiger partial charge in [0, 0.05) is 18.2 Å². The molecule has 2 fully saturated rings. The molecule has 3 aliphatic carbocycles. The highest BCUT2D eigenvalue weighted by Gasteiger charge is 2.26. The number of fused-ring (bicyclic) bond motifs is 1. The summed E-state index contributed by atoms with van der Waals surface area (Å²) < 4.78 is 1.72. The number of hydrogen-bond acceptors (Lipinski definition) is 3. The fourth-order valence-electron chi connectivity index (χ4n) is 4.79. The van der Waals surface area contributed by atoms with E-state index in [0.29, 0.717) is 6.04 Å². The number of rotatable bonds is 3. The molecule has 0 saturated heterocycles. The molecule has 0 aromatic carbocycles. The van der Waals surface area contributed by atoms with E-state index in [-0.39, 0.29) is 23.7 Å². The highest BCUT2D eigenvalue weighted by molar-refractivity contribution is 5.74. The van der Waals surface area contributed by atoms with Crippen LogP contribution in [0.3, 0.4) is 0 Å². The van der Waals surface area contributed by atoms with Crippen LogP contribution in [-0.4, -0.2) is 27.9 Å². The Morgan fingerprint density at radius 1 is 0.923 bits per heavy atom. The first-order chi connectivity index (χ1) is 12.7. The number of urea groups is 1. The van der Waals surface area contributed by atoms with Crippen molar-refractivity contribution in [2.75, 3.05) is 0 Å². The zero-order valence-corrected chi connectivity index (χ0v) is 15.5. The molecule has 1 aromatic rings. The van der Waals surface area contributed by atoms with Crippen LogP contribution >= 0.6 is 0 Å². The van der Waals surface area contributed by atoms with Crippen LogP contribution in [0.1, 0.15) is 81.5 Å². The molecule has 2 N–H and O–H groups in total. The number of nitrogens with one attached hydrogen (secondary N) is 2. The summed E-state index contributed by atoms with van der Waals surface area (Å²) in [4.78, 5) is 24.6. The predicted octanol–water partition coefficient (Wildman–Crippen LogP) is 2.85. The van der Waals surface area contributed by atoms with E-state index in [1.807, 2.05) is 0 Å².